The second-order valence-corrected chi connectivity index (χ2v) is 7.64. The summed E-state index contributed by atoms with van der Waals surface area (Å²) in [6, 6.07) is 28.8. The van der Waals surface area contributed by atoms with Crippen LogP contribution in [0.15, 0.2) is 84.9 Å². The third kappa shape index (κ3) is 4.65. The van der Waals surface area contributed by atoms with E-state index in [9.17, 15) is 4.79 Å². The SMILES string of the molecule is COc1ccc(N2CCN(C(=O)CC(c3ccccc3)c3ccccc3)CC2)cc1. The van der Waals surface area contributed by atoms with Crippen molar-refractivity contribution in [1.82, 2.24) is 4.90 Å². The third-order valence-electron chi connectivity index (χ3n) is 5.85. The van der Waals surface area contributed by atoms with Gasteiger partial charge < -0.3 is 14.5 Å². The van der Waals surface area contributed by atoms with Crippen LogP contribution in [-0.2, 0) is 4.79 Å². The number of ether oxygens (including phenoxy) is 1. The molecule has 1 heterocycles. The maximum atomic E-state index is 13.2. The monoisotopic (exact) mass is 400 g/mol. The molecule has 0 spiro atoms. The topological polar surface area (TPSA) is 32.8 Å². The molecule has 0 N–H and O–H groups in total. The molecular formula is C26H28N2O2. The molecule has 0 bridgehead atoms. The van der Waals surface area contributed by atoms with E-state index < -0.39 is 0 Å². The van der Waals surface area contributed by atoms with Crippen LogP contribution in [-0.4, -0.2) is 44.1 Å². The second kappa shape index (κ2) is 9.49. The van der Waals surface area contributed by atoms with Gasteiger partial charge in [0.25, 0.3) is 0 Å². The van der Waals surface area contributed by atoms with Crippen LogP contribution in [0.1, 0.15) is 23.5 Å². The predicted octanol–water partition coefficient (Wildman–Crippen LogP) is 4.57. The highest BCUT2D eigenvalue weighted by atomic mass is 16.5. The Morgan fingerprint density at radius 1 is 0.800 bits per heavy atom. The van der Waals surface area contributed by atoms with E-state index in [4.69, 9.17) is 4.74 Å². The first-order chi connectivity index (χ1) is 14.7. The van der Waals surface area contributed by atoms with E-state index in [0.29, 0.717) is 6.42 Å². The minimum Gasteiger partial charge on any atom is -0.497 e. The van der Waals surface area contributed by atoms with Crippen molar-refractivity contribution in [1.29, 1.82) is 0 Å². The summed E-state index contributed by atoms with van der Waals surface area (Å²) in [7, 11) is 1.68. The molecule has 0 atom stereocenters. The van der Waals surface area contributed by atoms with Crippen LogP contribution in [0.4, 0.5) is 5.69 Å². The average Bonchev–Trinajstić information content (AvgIpc) is 2.83. The van der Waals surface area contributed by atoms with E-state index >= 15 is 0 Å². The van der Waals surface area contributed by atoms with E-state index in [2.05, 4.69) is 41.3 Å². The molecule has 1 fully saturated rings. The normalized spacial score (nSPS) is 14.1. The van der Waals surface area contributed by atoms with Gasteiger partial charge >= 0.3 is 0 Å². The minimum absolute atomic E-state index is 0.0829. The number of anilines is 1. The largest absolute Gasteiger partial charge is 0.497 e. The Morgan fingerprint density at radius 3 is 1.83 bits per heavy atom. The maximum absolute atomic E-state index is 13.2. The van der Waals surface area contributed by atoms with Crippen molar-refractivity contribution in [2.75, 3.05) is 38.2 Å². The zero-order valence-corrected chi connectivity index (χ0v) is 17.4. The summed E-state index contributed by atoms with van der Waals surface area (Å²) < 4.78 is 5.24. The van der Waals surface area contributed by atoms with Crippen molar-refractivity contribution in [2.45, 2.75) is 12.3 Å². The highest BCUT2D eigenvalue weighted by molar-refractivity contribution is 5.78. The van der Waals surface area contributed by atoms with Crippen molar-refractivity contribution < 1.29 is 9.53 Å². The summed E-state index contributed by atoms with van der Waals surface area (Å²) in [4.78, 5) is 17.5. The molecule has 1 aliphatic heterocycles. The van der Waals surface area contributed by atoms with E-state index in [0.717, 1.165) is 31.9 Å². The van der Waals surface area contributed by atoms with Crippen molar-refractivity contribution in [2.24, 2.45) is 0 Å². The van der Waals surface area contributed by atoms with Crippen molar-refractivity contribution in [3.8, 4) is 5.75 Å². The third-order valence-corrected chi connectivity index (χ3v) is 5.85. The molecule has 4 nitrogen and oxygen atoms in total. The first-order valence-electron chi connectivity index (χ1n) is 10.5. The first kappa shape index (κ1) is 20.0. The Bertz CT molecular complexity index is 894. The van der Waals surface area contributed by atoms with Crippen LogP contribution in [0, 0.1) is 0 Å². The lowest BCUT2D eigenvalue weighted by atomic mass is 9.88. The van der Waals surface area contributed by atoms with Gasteiger partial charge in [0.15, 0.2) is 0 Å². The summed E-state index contributed by atoms with van der Waals surface area (Å²) in [5, 5.41) is 0. The molecule has 3 aromatic rings. The number of benzene rings is 3. The van der Waals surface area contributed by atoms with Crippen molar-refractivity contribution in [3.05, 3.63) is 96.1 Å². The number of amides is 1. The summed E-state index contributed by atoms with van der Waals surface area (Å²) in [6.07, 6.45) is 0.497. The zero-order chi connectivity index (χ0) is 20.8. The lowest BCUT2D eigenvalue weighted by molar-refractivity contribution is -0.131. The molecule has 30 heavy (non-hydrogen) atoms. The van der Waals surface area contributed by atoms with Crippen LogP contribution in [0.2, 0.25) is 0 Å². The smallest absolute Gasteiger partial charge is 0.223 e. The van der Waals surface area contributed by atoms with E-state index in [1.165, 1.54) is 16.8 Å². The number of piperazine rings is 1. The molecule has 0 aromatic heterocycles. The van der Waals surface area contributed by atoms with Gasteiger partial charge in [-0.1, -0.05) is 60.7 Å². The van der Waals surface area contributed by atoms with Gasteiger partial charge in [-0.25, -0.2) is 0 Å². The number of hydrogen-bond acceptors (Lipinski definition) is 3. The molecule has 4 rings (SSSR count). The van der Waals surface area contributed by atoms with Crippen LogP contribution >= 0.6 is 0 Å². The Labute approximate surface area is 178 Å². The van der Waals surface area contributed by atoms with Crippen LogP contribution < -0.4 is 9.64 Å². The minimum atomic E-state index is 0.0829. The molecule has 1 amide bonds. The number of rotatable bonds is 6. The molecule has 0 radical (unpaired) electrons. The molecular weight excluding hydrogens is 372 g/mol. The van der Waals surface area contributed by atoms with Crippen LogP contribution in [0.25, 0.3) is 0 Å². The van der Waals surface area contributed by atoms with Gasteiger partial charge in [-0.15, -0.1) is 0 Å². The lowest BCUT2D eigenvalue weighted by Gasteiger charge is -2.36. The molecule has 0 unspecified atom stereocenters. The van der Waals surface area contributed by atoms with Gasteiger partial charge in [0.2, 0.25) is 5.91 Å². The zero-order valence-electron chi connectivity index (χ0n) is 17.4. The van der Waals surface area contributed by atoms with Gasteiger partial charge in [0.05, 0.1) is 7.11 Å². The van der Waals surface area contributed by atoms with E-state index in [-0.39, 0.29) is 11.8 Å². The number of carbonyl (C=O) groups excluding carboxylic acids is 1. The fourth-order valence-electron chi connectivity index (χ4n) is 4.11. The van der Waals surface area contributed by atoms with Crippen molar-refractivity contribution >= 4 is 11.6 Å². The highest BCUT2D eigenvalue weighted by Gasteiger charge is 2.25. The maximum Gasteiger partial charge on any atom is 0.223 e. The first-order valence-corrected chi connectivity index (χ1v) is 10.5. The van der Waals surface area contributed by atoms with Crippen molar-refractivity contribution in [3.63, 3.8) is 0 Å². The van der Waals surface area contributed by atoms with Gasteiger partial charge in [-0.3, -0.25) is 4.79 Å². The molecule has 1 aliphatic rings. The molecule has 4 heteroatoms. The Morgan fingerprint density at radius 2 is 1.33 bits per heavy atom. The summed E-state index contributed by atoms with van der Waals surface area (Å²) >= 11 is 0. The van der Waals surface area contributed by atoms with E-state index in [1.807, 2.05) is 53.4 Å². The fourth-order valence-corrected chi connectivity index (χ4v) is 4.11. The summed E-state index contributed by atoms with van der Waals surface area (Å²) in [6.45, 7) is 3.20. The molecule has 154 valence electrons. The highest BCUT2D eigenvalue weighted by Crippen LogP contribution is 2.29. The van der Waals surface area contributed by atoms with E-state index in [1.54, 1.807) is 7.11 Å². The Hall–Kier alpha value is -3.27. The standard InChI is InChI=1S/C26H28N2O2/c1-30-24-14-12-23(13-15-24)27-16-18-28(19-17-27)26(29)20-25(21-8-4-2-5-9-21)22-10-6-3-7-11-22/h2-15,25H,16-20H2,1H3. The van der Waals surface area contributed by atoms with Gasteiger partial charge in [-0.2, -0.15) is 0 Å². The number of carbonyl (C=O) groups is 1. The molecule has 1 saturated heterocycles. The Balaban J connectivity index is 1.41. The fraction of sp³-hybridized carbons (Fsp3) is 0.269. The second-order valence-electron chi connectivity index (χ2n) is 7.64. The summed E-state index contributed by atoms with van der Waals surface area (Å²) in [5.41, 5.74) is 3.55. The predicted molar refractivity (Wildman–Crippen MR) is 121 cm³/mol. The molecule has 0 saturated carbocycles. The molecule has 0 aliphatic carbocycles. The van der Waals surface area contributed by atoms with Gasteiger partial charge in [0, 0.05) is 44.2 Å². The number of hydrogen-bond donors (Lipinski definition) is 0. The Kier molecular flexibility index (Phi) is 6.33. The number of methoxy groups -OCH3 is 1. The quantitative estimate of drug-likeness (QED) is 0.608. The number of nitrogens with zero attached hydrogens (tertiary/aromatic N) is 2. The van der Waals surface area contributed by atoms with Gasteiger partial charge in [-0.05, 0) is 35.4 Å². The molecule has 3 aromatic carbocycles. The summed E-state index contributed by atoms with van der Waals surface area (Å²) in [5.74, 6) is 1.17. The lowest BCUT2D eigenvalue weighted by Crippen LogP contribution is -2.49. The van der Waals surface area contributed by atoms with Crippen LogP contribution in [0.5, 0.6) is 5.75 Å². The van der Waals surface area contributed by atoms with Gasteiger partial charge in [0.1, 0.15) is 5.75 Å². The average molecular weight is 401 g/mol. The van der Waals surface area contributed by atoms with Crippen LogP contribution in [0.3, 0.4) is 0 Å².